The van der Waals surface area contributed by atoms with E-state index in [9.17, 15) is 0 Å². The van der Waals surface area contributed by atoms with E-state index in [0.29, 0.717) is 12.0 Å². The van der Waals surface area contributed by atoms with Crippen LogP contribution >= 0.6 is 0 Å². The van der Waals surface area contributed by atoms with Crippen molar-refractivity contribution in [2.24, 2.45) is 5.92 Å². The van der Waals surface area contributed by atoms with Gasteiger partial charge in [-0.3, -0.25) is 0 Å². The molecule has 1 aliphatic heterocycles. The second-order valence-corrected chi connectivity index (χ2v) is 5.23. The fraction of sp³-hybridized carbons (Fsp3) is 0.562. The van der Waals surface area contributed by atoms with Gasteiger partial charge < -0.3 is 10.1 Å². The summed E-state index contributed by atoms with van der Waals surface area (Å²) in [6, 6.07) is 10.3. The first-order valence-corrected chi connectivity index (χ1v) is 7.09. The molecule has 0 spiro atoms. The monoisotopic (exact) mass is 258 g/mol. The second-order valence-electron chi connectivity index (χ2n) is 5.23. The van der Waals surface area contributed by atoms with E-state index in [0.717, 1.165) is 31.6 Å². The molecule has 1 heterocycles. The molecular formula is C16H22N2O. The van der Waals surface area contributed by atoms with E-state index in [-0.39, 0.29) is 6.04 Å². The van der Waals surface area contributed by atoms with Gasteiger partial charge in [-0.1, -0.05) is 19.1 Å². The van der Waals surface area contributed by atoms with Gasteiger partial charge in [0.15, 0.2) is 0 Å². The van der Waals surface area contributed by atoms with Crippen molar-refractivity contribution in [3.63, 3.8) is 0 Å². The highest BCUT2D eigenvalue weighted by atomic mass is 16.5. The van der Waals surface area contributed by atoms with E-state index in [1.165, 1.54) is 5.56 Å². The third kappa shape index (κ3) is 3.56. The number of nitriles is 1. The summed E-state index contributed by atoms with van der Waals surface area (Å²) in [5.41, 5.74) is 1.90. The molecule has 2 rings (SSSR count). The lowest BCUT2D eigenvalue weighted by molar-refractivity contribution is 0.0867. The van der Waals surface area contributed by atoms with Gasteiger partial charge in [0.05, 0.1) is 17.7 Å². The van der Waals surface area contributed by atoms with E-state index in [4.69, 9.17) is 10.00 Å². The van der Waals surface area contributed by atoms with Crippen molar-refractivity contribution in [2.75, 3.05) is 13.2 Å². The van der Waals surface area contributed by atoms with Crippen LogP contribution in [0.5, 0.6) is 0 Å². The number of ether oxygens (including phenoxy) is 1. The SMILES string of the molecule is CCC1OCCC1CNC(C)c1cccc(C#N)c1. The van der Waals surface area contributed by atoms with E-state index >= 15 is 0 Å². The van der Waals surface area contributed by atoms with Gasteiger partial charge in [-0.15, -0.1) is 0 Å². The zero-order valence-corrected chi connectivity index (χ0v) is 11.7. The van der Waals surface area contributed by atoms with Crippen molar-refractivity contribution < 1.29 is 4.74 Å². The van der Waals surface area contributed by atoms with E-state index in [2.05, 4.69) is 31.3 Å². The van der Waals surface area contributed by atoms with Crippen LogP contribution in [0.15, 0.2) is 24.3 Å². The lowest BCUT2D eigenvalue weighted by atomic mass is 9.98. The zero-order valence-electron chi connectivity index (χ0n) is 11.7. The van der Waals surface area contributed by atoms with Crippen molar-refractivity contribution >= 4 is 0 Å². The lowest BCUT2D eigenvalue weighted by Crippen LogP contribution is -2.30. The summed E-state index contributed by atoms with van der Waals surface area (Å²) in [5.74, 6) is 0.617. The fourth-order valence-corrected chi connectivity index (χ4v) is 2.70. The summed E-state index contributed by atoms with van der Waals surface area (Å²) in [7, 11) is 0. The quantitative estimate of drug-likeness (QED) is 0.883. The number of hydrogen-bond acceptors (Lipinski definition) is 3. The summed E-state index contributed by atoms with van der Waals surface area (Å²) in [6.07, 6.45) is 2.64. The van der Waals surface area contributed by atoms with E-state index in [1.807, 2.05) is 18.2 Å². The molecule has 19 heavy (non-hydrogen) atoms. The maximum absolute atomic E-state index is 8.93. The Labute approximate surface area is 115 Å². The molecule has 0 bridgehead atoms. The van der Waals surface area contributed by atoms with Gasteiger partial charge in [-0.25, -0.2) is 0 Å². The van der Waals surface area contributed by atoms with Crippen LogP contribution in [0, 0.1) is 17.2 Å². The number of nitrogens with one attached hydrogen (secondary N) is 1. The molecule has 3 atom stereocenters. The predicted molar refractivity (Wildman–Crippen MR) is 75.7 cm³/mol. The lowest BCUT2D eigenvalue weighted by Gasteiger charge is -2.21. The van der Waals surface area contributed by atoms with Crippen molar-refractivity contribution in [3.05, 3.63) is 35.4 Å². The molecule has 1 fully saturated rings. The van der Waals surface area contributed by atoms with Crippen LogP contribution in [-0.2, 0) is 4.74 Å². The van der Waals surface area contributed by atoms with Gasteiger partial charge in [0.1, 0.15) is 0 Å². The molecule has 1 saturated heterocycles. The average Bonchev–Trinajstić information content (AvgIpc) is 2.92. The van der Waals surface area contributed by atoms with Crippen LogP contribution < -0.4 is 5.32 Å². The molecule has 1 aromatic rings. The summed E-state index contributed by atoms with van der Waals surface area (Å²) in [4.78, 5) is 0. The van der Waals surface area contributed by atoms with Gasteiger partial charge in [0.2, 0.25) is 0 Å². The third-order valence-corrected chi connectivity index (χ3v) is 3.95. The highest BCUT2D eigenvalue weighted by Gasteiger charge is 2.26. The normalized spacial score (nSPS) is 24.1. The topological polar surface area (TPSA) is 45.0 Å². The van der Waals surface area contributed by atoms with Gasteiger partial charge in [-0.2, -0.15) is 5.26 Å². The van der Waals surface area contributed by atoms with Gasteiger partial charge in [0.25, 0.3) is 0 Å². The summed E-state index contributed by atoms with van der Waals surface area (Å²) >= 11 is 0. The molecule has 0 aliphatic carbocycles. The van der Waals surface area contributed by atoms with Crippen molar-refractivity contribution in [2.45, 2.75) is 38.8 Å². The molecule has 102 valence electrons. The van der Waals surface area contributed by atoms with Crippen molar-refractivity contribution in [1.82, 2.24) is 5.32 Å². The molecule has 3 heteroatoms. The fourth-order valence-electron chi connectivity index (χ4n) is 2.70. The van der Waals surface area contributed by atoms with Crippen LogP contribution in [0.2, 0.25) is 0 Å². The standard InChI is InChI=1S/C16H22N2O/c1-3-16-15(7-8-19-16)11-18-12(2)14-6-4-5-13(9-14)10-17/h4-6,9,12,15-16,18H,3,7-8,11H2,1-2H3. The number of rotatable bonds is 5. The van der Waals surface area contributed by atoms with E-state index in [1.54, 1.807) is 0 Å². The van der Waals surface area contributed by atoms with Gasteiger partial charge >= 0.3 is 0 Å². The zero-order chi connectivity index (χ0) is 13.7. The Balaban J connectivity index is 1.90. The minimum absolute atomic E-state index is 0.270. The Morgan fingerprint density at radius 2 is 2.37 bits per heavy atom. The molecule has 3 unspecified atom stereocenters. The van der Waals surface area contributed by atoms with Gasteiger partial charge in [-0.05, 0) is 43.4 Å². The maximum atomic E-state index is 8.93. The molecule has 1 aliphatic rings. The Morgan fingerprint density at radius 3 is 3.11 bits per heavy atom. The summed E-state index contributed by atoms with van der Waals surface area (Å²) < 4.78 is 5.71. The average molecular weight is 258 g/mol. The minimum Gasteiger partial charge on any atom is -0.378 e. The van der Waals surface area contributed by atoms with Crippen molar-refractivity contribution in [3.8, 4) is 6.07 Å². The van der Waals surface area contributed by atoms with Crippen LogP contribution in [0.3, 0.4) is 0 Å². The molecule has 1 N–H and O–H groups in total. The smallest absolute Gasteiger partial charge is 0.0991 e. The van der Waals surface area contributed by atoms with Crippen LogP contribution in [-0.4, -0.2) is 19.3 Å². The molecule has 0 amide bonds. The van der Waals surface area contributed by atoms with Crippen LogP contribution in [0.4, 0.5) is 0 Å². The Bertz CT molecular complexity index is 452. The summed E-state index contributed by atoms with van der Waals surface area (Å²) in [5, 5.41) is 12.5. The molecule has 0 saturated carbocycles. The first kappa shape index (κ1) is 14.0. The Morgan fingerprint density at radius 1 is 1.53 bits per heavy atom. The number of hydrogen-bond donors (Lipinski definition) is 1. The van der Waals surface area contributed by atoms with Crippen LogP contribution in [0.25, 0.3) is 0 Å². The molecule has 1 aromatic carbocycles. The maximum Gasteiger partial charge on any atom is 0.0991 e. The second kappa shape index (κ2) is 6.70. The van der Waals surface area contributed by atoms with E-state index < -0.39 is 0 Å². The number of nitrogens with zero attached hydrogens (tertiary/aromatic N) is 1. The third-order valence-electron chi connectivity index (χ3n) is 3.95. The van der Waals surface area contributed by atoms with Crippen LogP contribution in [0.1, 0.15) is 43.9 Å². The summed E-state index contributed by atoms with van der Waals surface area (Å²) in [6.45, 7) is 6.20. The molecule has 0 radical (unpaired) electrons. The highest BCUT2D eigenvalue weighted by Crippen LogP contribution is 2.23. The molecule has 0 aromatic heterocycles. The molecule has 3 nitrogen and oxygen atoms in total. The van der Waals surface area contributed by atoms with Gasteiger partial charge in [0, 0.05) is 19.2 Å². The Hall–Kier alpha value is -1.37. The minimum atomic E-state index is 0.270. The first-order chi connectivity index (χ1) is 9.24. The first-order valence-electron chi connectivity index (χ1n) is 7.09. The predicted octanol–water partition coefficient (Wildman–Crippen LogP) is 3.02. The molecular weight excluding hydrogens is 236 g/mol. The highest BCUT2D eigenvalue weighted by molar-refractivity contribution is 5.34. The number of benzene rings is 1. The Kier molecular flexibility index (Phi) is 4.95. The largest absolute Gasteiger partial charge is 0.378 e. The van der Waals surface area contributed by atoms with Crippen molar-refractivity contribution in [1.29, 1.82) is 5.26 Å².